The monoisotopic (exact) mass is 310 g/mol. The van der Waals surface area contributed by atoms with Gasteiger partial charge in [-0.3, -0.25) is 0 Å². The average molecular weight is 311 g/mol. The summed E-state index contributed by atoms with van der Waals surface area (Å²) in [6, 6.07) is 8.70. The van der Waals surface area contributed by atoms with Crippen molar-refractivity contribution in [3.05, 3.63) is 35.2 Å². The van der Waals surface area contributed by atoms with E-state index in [-0.39, 0.29) is 0 Å². The summed E-state index contributed by atoms with van der Waals surface area (Å²) in [7, 11) is 0. The van der Waals surface area contributed by atoms with Crippen molar-refractivity contribution >= 4 is 37.4 Å². The quantitative estimate of drug-likeness (QED) is 0.433. The van der Waals surface area contributed by atoms with Gasteiger partial charge >= 0.3 is 0 Å². The lowest BCUT2D eigenvalue weighted by Crippen LogP contribution is -1.88. The van der Waals surface area contributed by atoms with Crippen molar-refractivity contribution in [1.82, 2.24) is 0 Å². The molecule has 0 saturated carbocycles. The molecule has 0 nitrogen and oxygen atoms in total. The van der Waals surface area contributed by atoms with Gasteiger partial charge in [0, 0.05) is 9.53 Å². The van der Waals surface area contributed by atoms with E-state index in [2.05, 4.69) is 52.5 Å². The minimum absolute atomic E-state index is 0.524. The number of unbranched alkanes of at least 4 members (excludes halogenated alkanes) is 3. The van der Waals surface area contributed by atoms with E-state index in [9.17, 15) is 0 Å². The Labute approximate surface area is 116 Å². The fourth-order valence-corrected chi connectivity index (χ4v) is 4.04. The number of halogens is 1. The van der Waals surface area contributed by atoms with Crippen LogP contribution in [0.4, 0.5) is 0 Å². The van der Waals surface area contributed by atoms with Crippen LogP contribution < -0.4 is 0 Å². The molecule has 0 radical (unpaired) electrons. The Morgan fingerprint density at radius 3 is 2.82 bits per heavy atom. The molecule has 2 rings (SSSR count). The van der Waals surface area contributed by atoms with Crippen molar-refractivity contribution in [2.24, 2.45) is 0 Å². The summed E-state index contributed by atoms with van der Waals surface area (Å²) in [6.45, 7) is 2.26. The van der Waals surface area contributed by atoms with Gasteiger partial charge in [-0.25, -0.2) is 0 Å². The molecular formula is C15H19BrS. The van der Waals surface area contributed by atoms with Gasteiger partial charge in [-0.05, 0) is 28.8 Å². The fraction of sp³-hybridized carbons (Fsp3) is 0.467. The first-order valence-corrected chi connectivity index (χ1v) is 8.22. The van der Waals surface area contributed by atoms with Crippen molar-refractivity contribution in [2.45, 2.75) is 43.9 Å². The summed E-state index contributed by atoms with van der Waals surface area (Å²) in [5.41, 5.74) is 1.47. The number of benzene rings is 1. The third-order valence-corrected chi connectivity index (χ3v) is 5.09. The molecule has 1 aromatic carbocycles. The van der Waals surface area contributed by atoms with Gasteiger partial charge in [0.1, 0.15) is 0 Å². The molecule has 0 amide bonds. The van der Waals surface area contributed by atoms with Crippen LogP contribution in [0.25, 0.3) is 10.1 Å². The van der Waals surface area contributed by atoms with Crippen molar-refractivity contribution in [2.75, 3.05) is 0 Å². The lowest BCUT2D eigenvalue weighted by molar-refractivity contribution is 0.631. The molecule has 1 unspecified atom stereocenters. The molecule has 0 aliphatic carbocycles. The first-order chi connectivity index (χ1) is 8.33. The highest BCUT2D eigenvalue weighted by atomic mass is 79.9. The number of fused-ring (bicyclic) bond motifs is 1. The van der Waals surface area contributed by atoms with E-state index in [4.69, 9.17) is 0 Å². The second-order valence-corrected chi connectivity index (χ2v) is 6.52. The number of rotatable bonds is 6. The summed E-state index contributed by atoms with van der Waals surface area (Å²) >= 11 is 5.70. The predicted octanol–water partition coefficient (Wildman–Crippen LogP) is 6.31. The number of hydrogen-bond donors (Lipinski definition) is 0. The molecule has 1 aromatic heterocycles. The molecule has 1 atom stereocenters. The number of hydrogen-bond acceptors (Lipinski definition) is 1. The smallest absolute Gasteiger partial charge is 0.0409 e. The Morgan fingerprint density at radius 2 is 2.00 bits per heavy atom. The SMILES string of the molecule is CCCCCCC(Br)c1csc2ccccc12. The second kappa shape index (κ2) is 6.55. The maximum Gasteiger partial charge on any atom is 0.0409 e. The fourth-order valence-electron chi connectivity index (χ4n) is 2.15. The standard InChI is InChI=1S/C15H19BrS/c1-2-3-4-5-9-14(16)13-11-17-15-10-7-6-8-12(13)15/h6-8,10-11,14H,2-5,9H2,1H3. The molecule has 0 bridgehead atoms. The normalized spacial score (nSPS) is 13.1. The highest BCUT2D eigenvalue weighted by Crippen LogP contribution is 2.37. The minimum atomic E-state index is 0.524. The summed E-state index contributed by atoms with van der Waals surface area (Å²) in [4.78, 5) is 0.524. The summed E-state index contributed by atoms with van der Waals surface area (Å²) < 4.78 is 1.40. The minimum Gasteiger partial charge on any atom is -0.143 e. The Kier molecular flexibility index (Phi) is 5.05. The van der Waals surface area contributed by atoms with E-state index in [0.717, 1.165) is 0 Å². The van der Waals surface area contributed by atoms with Crippen LogP contribution in [-0.2, 0) is 0 Å². The zero-order valence-electron chi connectivity index (χ0n) is 10.3. The van der Waals surface area contributed by atoms with Crippen LogP contribution in [0.1, 0.15) is 49.4 Å². The van der Waals surface area contributed by atoms with E-state index >= 15 is 0 Å². The lowest BCUT2D eigenvalue weighted by Gasteiger charge is -2.08. The van der Waals surface area contributed by atoms with E-state index in [0.29, 0.717) is 4.83 Å². The first kappa shape index (κ1) is 13.1. The lowest BCUT2D eigenvalue weighted by atomic mass is 10.0. The average Bonchev–Trinajstić information content (AvgIpc) is 2.78. The van der Waals surface area contributed by atoms with Crippen molar-refractivity contribution in [3.63, 3.8) is 0 Å². The molecule has 1 heterocycles. The Balaban J connectivity index is 2.01. The van der Waals surface area contributed by atoms with Crippen LogP contribution in [0.5, 0.6) is 0 Å². The van der Waals surface area contributed by atoms with Gasteiger partial charge in [0.25, 0.3) is 0 Å². The predicted molar refractivity (Wildman–Crippen MR) is 82.3 cm³/mol. The maximum atomic E-state index is 3.85. The van der Waals surface area contributed by atoms with Gasteiger partial charge in [-0.15, -0.1) is 11.3 Å². The number of thiophene rings is 1. The van der Waals surface area contributed by atoms with E-state index in [1.54, 1.807) is 0 Å². The molecule has 92 valence electrons. The Bertz CT molecular complexity index is 461. The van der Waals surface area contributed by atoms with Crippen molar-refractivity contribution < 1.29 is 0 Å². The van der Waals surface area contributed by atoms with Crippen LogP contribution in [0, 0.1) is 0 Å². The molecule has 17 heavy (non-hydrogen) atoms. The zero-order chi connectivity index (χ0) is 12.1. The number of alkyl halides is 1. The van der Waals surface area contributed by atoms with Gasteiger partial charge in [0.05, 0.1) is 0 Å². The molecule has 2 heteroatoms. The Morgan fingerprint density at radius 1 is 1.18 bits per heavy atom. The molecule has 0 fully saturated rings. The Hall–Kier alpha value is -0.340. The van der Waals surface area contributed by atoms with E-state index in [1.807, 2.05) is 11.3 Å². The summed E-state index contributed by atoms with van der Waals surface area (Å²) in [5, 5.41) is 3.74. The highest BCUT2D eigenvalue weighted by Gasteiger charge is 2.12. The third-order valence-electron chi connectivity index (χ3n) is 3.16. The molecule has 2 aromatic rings. The molecule has 0 N–H and O–H groups in total. The third kappa shape index (κ3) is 3.32. The van der Waals surface area contributed by atoms with E-state index in [1.165, 1.54) is 47.8 Å². The van der Waals surface area contributed by atoms with Gasteiger partial charge in [0.2, 0.25) is 0 Å². The first-order valence-electron chi connectivity index (χ1n) is 6.43. The summed E-state index contributed by atoms with van der Waals surface area (Å²) in [6.07, 6.45) is 6.62. The van der Waals surface area contributed by atoms with Crippen molar-refractivity contribution in [3.8, 4) is 0 Å². The van der Waals surface area contributed by atoms with Crippen LogP contribution in [0.15, 0.2) is 29.6 Å². The molecule has 0 spiro atoms. The zero-order valence-corrected chi connectivity index (χ0v) is 12.7. The molecule has 0 aliphatic heterocycles. The van der Waals surface area contributed by atoms with Gasteiger partial charge < -0.3 is 0 Å². The molecular weight excluding hydrogens is 292 g/mol. The van der Waals surface area contributed by atoms with Crippen LogP contribution in [0.3, 0.4) is 0 Å². The molecule has 0 saturated heterocycles. The largest absolute Gasteiger partial charge is 0.143 e. The topological polar surface area (TPSA) is 0 Å². The second-order valence-electron chi connectivity index (χ2n) is 4.50. The molecule has 0 aliphatic rings. The van der Waals surface area contributed by atoms with E-state index < -0.39 is 0 Å². The van der Waals surface area contributed by atoms with Crippen molar-refractivity contribution in [1.29, 1.82) is 0 Å². The van der Waals surface area contributed by atoms with Gasteiger partial charge in [-0.1, -0.05) is 66.7 Å². The van der Waals surface area contributed by atoms with Gasteiger partial charge in [0.15, 0.2) is 0 Å². The van der Waals surface area contributed by atoms with Gasteiger partial charge in [-0.2, -0.15) is 0 Å². The van der Waals surface area contributed by atoms with Crippen LogP contribution >= 0.6 is 27.3 Å². The maximum absolute atomic E-state index is 3.85. The van der Waals surface area contributed by atoms with Crippen LogP contribution in [-0.4, -0.2) is 0 Å². The van der Waals surface area contributed by atoms with Crippen LogP contribution in [0.2, 0.25) is 0 Å². The highest BCUT2D eigenvalue weighted by molar-refractivity contribution is 9.09. The summed E-state index contributed by atoms with van der Waals surface area (Å²) in [5.74, 6) is 0.